The number of halogens is 3. The molecule has 5 nitrogen and oxygen atoms in total. The third-order valence-corrected chi connectivity index (χ3v) is 3.29. The van der Waals surface area contributed by atoms with E-state index >= 15 is 0 Å². The summed E-state index contributed by atoms with van der Waals surface area (Å²) in [5, 5.41) is 0.792. The zero-order valence-electron chi connectivity index (χ0n) is 13.5. The zero-order chi connectivity index (χ0) is 18.2. The first-order chi connectivity index (χ1) is 11.9. The Bertz CT molecular complexity index is 813. The smallest absolute Gasteiger partial charge is 0.223 e. The molecule has 0 amide bonds. The summed E-state index contributed by atoms with van der Waals surface area (Å²) in [7, 11) is 0. The van der Waals surface area contributed by atoms with Crippen LogP contribution in [-0.2, 0) is 0 Å². The molecule has 8 heteroatoms. The van der Waals surface area contributed by atoms with Crippen molar-refractivity contribution in [1.29, 1.82) is 0 Å². The fourth-order valence-electron chi connectivity index (χ4n) is 1.81. The first kappa shape index (κ1) is 19.4. The van der Waals surface area contributed by atoms with Crippen LogP contribution in [0.4, 0.5) is 0 Å². The largest absolute Gasteiger partial charge is 0.491 e. The van der Waals surface area contributed by atoms with Crippen molar-refractivity contribution in [3.8, 4) is 17.0 Å². The van der Waals surface area contributed by atoms with Gasteiger partial charge in [0.2, 0.25) is 10.6 Å². The standard InChI is InChI=1S/C13H13ClN2O.C4H2Cl2N2/c1-9(2)17-11-5-3-4-10(8-11)12-6-7-15-13(14)16-12;5-3-1-2-7-4(6)8-3/h3-9H,1-2H3;1-2H. The maximum Gasteiger partial charge on any atom is 0.223 e. The maximum atomic E-state index is 5.77. The minimum Gasteiger partial charge on any atom is -0.491 e. The van der Waals surface area contributed by atoms with Gasteiger partial charge in [0.1, 0.15) is 10.9 Å². The average Bonchev–Trinajstić information content (AvgIpc) is 2.55. The molecular weight excluding hydrogens is 383 g/mol. The predicted octanol–water partition coefficient (Wildman–Crippen LogP) is 5.37. The number of nitrogens with zero attached hydrogens (tertiary/aromatic N) is 4. The van der Waals surface area contributed by atoms with Crippen molar-refractivity contribution >= 4 is 34.8 Å². The van der Waals surface area contributed by atoms with Gasteiger partial charge in [0.25, 0.3) is 0 Å². The van der Waals surface area contributed by atoms with E-state index in [9.17, 15) is 0 Å². The summed E-state index contributed by atoms with van der Waals surface area (Å²) in [6.07, 6.45) is 3.29. The van der Waals surface area contributed by atoms with E-state index in [-0.39, 0.29) is 16.7 Å². The summed E-state index contributed by atoms with van der Waals surface area (Å²) >= 11 is 16.5. The van der Waals surface area contributed by atoms with Crippen LogP contribution in [0.2, 0.25) is 15.7 Å². The van der Waals surface area contributed by atoms with E-state index in [1.165, 1.54) is 6.20 Å². The molecule has 0 aliphatic rings. The van der Waals surface area contributed by atoms with Gasteiger partial charge < -0.3 is 4.74 Å². The Hall–Kier alpha value is -1.95. The lowest BCUT2D eigenvalue weighted by molar-refractivity contribution is 0.242. The molecule has 0 atom stereocenters. The number of ether oxygens (including phenoxy) is 1. The van der Waals surface area contributed by atoms with E-state index < -0.39 is 0 Å². The van der Waals surface area contributed by atoms with Crippen molar-refractivity contribution in [1.82, 2.24) is 19.9 Å². The topological polar surface area (TPSA) is 60.8 Å². The highest BCUT2D eigenvalue weighted by atomic mass is 35.5. The van der Waals surface area contributed by atoms with Gasteiger partial charge >= 0.3 is 0 Å². The second kappa shape index (κ2) is 9.51. The lowest BCUT2D eigenvalue weighted by atomic mass is 10.1. The number of aromatic nitrogens is 4. The maximum absolute atomic E-state index is 5.77. The molecule has 0 fully saturated rings. The van der Waals surface area contributed by atoms with Crippen molar-refractivity contribution in [2.24, 2.45) is 0 Å². The second-order valence-corrected chi connectivity index (χ2v) is 6.12. The van der Waals surface area contributed by atoms with Gasteiger partial charge in [0, 0.05) is 18.0 Å². The van der Waals surface area contributed by atoms with Gasteiger partial charge in [-0.3, -0.25) is 0 Å². The molecule has 1 aromatic carbocycles. The van der Waals surface area contributed by atoms with Crippen molar-refractivity contribution in [2.45, 2.75) is 20.0 Å². The summed E-state index contributed by atoms with van der Waals surface area (Å²) in [5.74, 6) is 0.826. The Morgan fingerprint density at radius 1 is 0.880 bits per heavy atom. The first-order valence-electron chi connectivity index (χ1n) is 7.33. The van der Waals surface area contributed by atoms with Crippen LogP contribution in [-0.4, -0.2) is 26.0 Å². The Labute approximate surface area is 161 Å². The van der Waals surface area contributed by atoms with Gasteiger partial charge in [0.05, 0.1) is 11.8 Å². The Morgan fingerprint density at radius 3 is 2.12 bits per heavy atom. The molecule has 0 unspecified atom stereocenters. The molecular formula is C17H15Cl3N4O. The number of rotatable bonds is 3. The van der Waals surface area contributed by atoms with Crippen molar-refractivity contribution in [3.05, 3.63) is 64.5 Å². The van der Waals surface area contributed by atoms with E-state index in [0.717, 1.165) is 17.0 Å². The summed E-state index contributed by atoms with van der Waals surface area (Å²) in [5.41, 5.74) is 1.76. The van der Waals surface area contributed by atoms with Gasteiger partial charge in [-0.05, 0) is 61.3 Å². The number of benzene rings is 1. The molecule has 130 valence electrons. The summed E-state index contributed by atoms with van der Waals surface area (Å²) < 4.78 is 5.63. The first-order valence-corrected chi connectivity index (χ1v) is 8.47. The molecule has 0 radical (unpaired) electrons. The minimum atomic E-state index is 0.152. The van der Waals surface area contributed by atoms with E-state index in [0.29, 0.717) is 5.15 Å². The van der Waals surface area contributed by atoms with Gasteiger partial charge in [-0.2, -0.15) is 0 Å². The minimum absolute atomic E-state index is 0.152. The lowest BCUT2D eigenvalue weighted by Crippen LogP contribution is -2.05. The summed E-state index contributed by atoms with van der Waals surface area (Å²) in [6, 6.07) is 11.1. The van der Waals surface area contributed by atoms with Crippen molar-refractivity contribution in [3.63, 3.8) is 0 Å². The van der Waals surface area contributed by atoms with Crippen LogP contribution in [0.1, 0.15) is 13.8 Å². The van der Waals surface area contributed by atoms with Crippen molar-refractivity contribution in [2.75, 3.05) is 0 Å². The molecule has 0 saturated carbocycles. The van der Waals surface area contributed by atoms with Gasteiger partial charge in [-0.15, -0.1) is 0 Å². The molecule has 2 heterocycles. The molecule has 2 aromatic heterocycles. The third-order valence-electron chi connectivity index (χ3n) is 2.72. The van der Waals surface area contributed by atoms with E-state index in [2.05, 4.69) is 19.9 Å². The van der Waals surface area contributed by atoms with E-state index in [1.807, 2.05) is 44.2 Å². The summed E-state index contributed by atoms with van der Waals surface area (Å²) in [6.45, 7) is 3.99. The average molecular weight is 398 g/mol. The van der Waals surface area contributed by atoms with Crippen LogP contribution in [0.3, 0.4) is 0 Å². The molecule has 0 bridgehead atoms. The molecule has 0 saturated heterocycles. The highest BCUT2D eigenvalue weighted by Crippen LogP contribution is 2.23. The van der Waals surface area contributed by atoms with Crippen LogP contribution in [0.15, 0.2) is 48.8 Å². The molecule has 3 rings (SSSR count). The van der Waals surface area contributed by atoms with Crippen LogP contribution < -0.4 is 4.74 Å². The zero-order valence-corrected chi connectivity index (χ0v) is 15.8. The molecule has 0 N–H and O–H groups in total. The van der Waals surface area contributed by atoms with Gasteiger partial charge in [-0.25, -0.2) is 19.9 Å². The van der Waals surface area contributed by atoms with Crippen LogP contribution in [0, 0.1) is 0 Å². The second-order valence-electron chi connectivity index (χ2n) is 5.05. The normalized spacial score (nSPS) is 10.2. The fraction of sp³-hybridized carbons (Fsp3) is 0.176. The molecule has 0 spiro atoms. The van der Waals surface area contributed by atoms with Gasteiger partial charge in [-0.1, -0.05) is 23.7 Å². The SMILES string of the molecule is CC(C)Oc1cccc(-c2ccnc(Cl)n2)c1.Clc1ccnc(Cl)n1. The summed E-state index contributed by atoms with van der Waals surface area (Å²) in [4.78, 5) is 15.2. The molecule has 0 aliphatic carbocycles. The Morgan fingerprint density at radius 2 is 1.56 bits per heavy atom. The third kappa shape index (κ3) is 6.82. The quantitative estimate of drug-likeness (QED) is 0.439. The molecule has 25 heavy (non-hydrogen) atoms. The molecule has 0 aliphatic heterocycles. The van der Waals surface area contributed by atoms with E-state index in [4.69, 9.17) is 39.5 Å². The Kier molecular flexibility index (Phi) is 7.37. The van der Waals surface area contributed by atoms with E-state index in [1.54, 1.807) is 12.3 Å². The monoisotopic (exact) mass is 396 g/mol. The number of hydrogen-bond donors (Lipinski definition) is 0. The van der Waals surface area contributed by atoms with Gasteiger partial charge in [0.15, 0.2) is 0 Å². The number of hydrogen-bond acceptors (Lipinski definition) is 5. The van der Waals surface area contributed by atoms with Crippen LogP contribution >= 0.6 is 34.8 Å². The highest BCUT2D eigenvalue weighted by molar-refractivity contribution is 6.31. The highest BCUT2D eigenvalue weighted by Gasteiger charge is 2.03. The molecule has 3 aromatic rings. The van der Waals surface area contributed by atoms with Crippen molar-refractivity contribution < 1.29 is 4.74 Å². The van der Waals surface area contributed by atoms with Crippen LogP contribution in [0.25, 0.3) is 11.3 Å². The Balaban J connectivity index is 0.000000236. The lowest BCUT2D eigenvalue weighted by Gasteiger charge is -2.10. The van der Waals surface area contributed by atoms with Crippen LogP contribution in [0.5, 0.6) is 5.75 Å². The fourth-order valence-corrected chi connectivity index (χ4v) is 2.29. The predicted molar refractivity (Wildman–Crippen MR) is 100 cm³/mol.